The van der Waals surface area contributed by atoms with Crippen LogP contribution in [0.1, 0.15) is 24.5 Å². The average Bonchev–Trinajstić information content (AvgIpc) is 2.41. The van der Waals surface area contributed by atoms with Crippen LogP contribution in [0.5, 0.6) is 0 Å². The van der Waals surface area contributed by atoms with Crippen molar-refractivity contribution in [3.05, 3.63) is 71.8 Å². The maximum atomic E-state index is 10.4. The van der Waals surface area contributed by atoms with Gasteiger partial charge >= 0.3 is 0 Å². The summed E-state index contributed by atoms with van der Waals surface area (Å²) in [6.45, 7) is 1.79. The van der Waals surface area contributed by atoms with Crippen LogP contribution in [0.15, 0.2) is 60.7 Å². The van der Waals surface area contributed by atoms with E-state index in [2.05, 4.69) is 11.8 Å². The normalized spacial score (nSPS) is 13.2. The monoisotopic (exact) mass is 236 g/mol. The molecule has 0 saturated carbocycles. The predicted molar refractivity (Wildman–Crippen MR) is 73.9 cm³/mol. The summed E-state index contributed by atoms with van der Waals surface area (Å²) in [4.78, 5) is 0. The molecule has 90 valence electrons. The summed E-state index contributed by atoms with van der Waals surface area (Å²) in [5.41, 5.74) is 0.969. The molecular formula is C17H16O. The van der Waals surface area contributed by atoms with Crippen molar-refractivity contribution in [2.75, 3.05) is 0 Å². The highest BCUT2D eigenvalue weighted by Gasteiger charge is 2.20. The molecule has 0 saturated heterocycles. The number of aliphatic hydroxyl groups is 1. The van der Waals surface area contributed by atoms with Crippen molar-refractivity contribution in [2.45, 2.75) is 18.9 Å². The van der Waals surface area contributed by atoms with Gasteiger partial charge in [-0.25, -0.2) is 0 Å². The van der Waals surface area contributed by atoms with Crippen LogP contribution in [-0.2, 0) is 5.60 Å². The minimum Gasteiger partial charge on any atom is -0.384 e. The molecule has 0 aliphatic rings. The Balaban J connectivity index is 2.09. The Morgan fingerprint density at radius 2 is 1.50 bits per heavy atom. The van der Waals surface area contributed by atoms with E-state index in [0.717, 1.165) is 11.1 Å². The highest BCUT2D eigenvalue weighted by Crippen LogP contribution is 2.23. The minimum absolute atomic E-state index is 0.423. The highest BCUT2D eigenvalue weighted by molar-refractivity contribution is 5.34. The SMILES string of the molecule is CC(O)(CC#Cc1ccccc1)c1ccccc1. The Hall–Kier alpha value is -2.04. The van der Waals surface area contributed by atoms with E-state index in [1.165, 1.54) is 0 Å². The first kappa shape index (κ1) is 12.4. The van der Waals surface area contributed by atoms with Crippen LogP contribution in [0.4, 0.5) is 0 Å². The van der Waals surface area contributed by atoms with Crippen LogP contribution in [0.3, 0.4) is 0 Å². The zero-order valence-corrected chi connectivity index (χ0v) is 10.4. The lowest BCUT2D eigenvalue weighted by atomic mass is 9.93. The molecule has 2 aromatic rings. The van der Waals surface area contributed by atoms with Crippen LogP contribution in [-0.4, -0.2) is 5.11 Å². The summed E-state index contributed by atoms with van der Waals surface area (Å²) in [6, 6.07) is 19.4. The molecule has 0 radical (unpaired) electrons. The average molecular weight is 236 g/mol. The quantitative estimate of drug-likeness (QED) is 0.793. The summed E-state index contributed by atoms with van der Waals surface area (Å²) < 4.78 is 0. The topological polar surface area (TPSA) is 20.2 Å². The smallest absolute Gasteiger partial charge is 0.0977 e. The third-order valence-corrected chi connectivity index (χ3v) is 2.83. The summed E-state index contributed by atoms with van der Waals surface area (Å²) in [7, 11) is 0. The molecule has 1 atom stereocenters. The molecule has 1 N–H and O–H groups in total. The molecule has 1 nitrogen and oxygen atoms in total. The molecule has 0 spiro atoms. The third-order valence-electron chi connectivity index (χ3n) is 2.83. The minimum atomic E-state index is -0.900. The van der Waals surface area contributed by atoms with E-state index < -0.39 is 5.60 Å². The zero-order chi connectivity index (χ0) is 12.8. The van der Waals surface area contributed by atoms with E-state index in [4.69, 9.17) is 0 Å². The van der Waals surface area contributed by atoms with E-state index in [0.29, 0.717) is 6.42 Å². The van der Waals surface area contributed by atoms with E-state index in [1.807, 2.05) is 60.7 Å². The molecule has 0 bridgehead atoms. The largest absolute Gasteiger partial charge is 0.384 e. The van der Waals surface area contributed by atoms with Gasteiger partial charge in [0.05, 0.1) is 5.60 Å². The molecule has 18 heavy (non-hydrogen) atoms. The maximum absolute atomic E-state index is 10.4. The summed E-state index contributed by atoms with van der Waals surface area (Å²) in [6.07, 6.45) is 0.423. The van der Waals surface area contributed by atoms with Gasteiger partial charge in [-0.15, -0.1) is 0 Å². The molecule has 2 rings (SSSR count). The van der Waals surface area contributed by atoms with Gasteiger partial charge < -0.3 is 5.11 Å². The van der Waals surface area contributed by atoms with Gasteiger partial charge in [0.2, 0.25) is 0 Å². The summed E-state index contributed by atoms with van der Waals surface area (Å²) >= 11 is 0. The number of hydrogen-bond acceptors (Lipinski definition) is 1. The second-order valence-corrected chi connectivity index (χ2v) is 4.48. The first-order valence-corrected chi connectivity index (χ1v) is 6.00. The molecule has 1 unspecified atom stereocenters. The maximum Gasteiger partial charge on any atom is 0.0977 e. The van der Waals surface area contributed by atoms with Gasteiger partial charge in [0.15, 0.2) is 0 Å². The Morgan fingerprint density at radius 3 is 2.11 bits per heavy atom. The van der Waals surface area contributed by atoms with Crippen LogP contribution in [0.25, 0.3) is 0 Å². The van der Waals surface area contributed by atoms with Crippen molar-refractivity contribution >= 4 is 0 Å². The number of rotatable bonds is 2. The first-order valence-electron chi connectivity index (χ1n) is 6.00. The van der Waals surface area contributed by atoms with Gasteiger partial charge in [-0.05, 0) is 24.6 Å². The van der Waals surface area contributed by atoms with Crippen LogP contribution >= 0.6 is 0 Å². The highest BCUT2D eigenvalue weighted by atomic mass is 16.3. The molecule has 1 heteroatoms. The Labute approximate surface area is 108 Å². The Morgan fingerprint density at radius 1 is 0.944 bits per heavy atom. The lowest BCUT2D eigenvalue weighted by Crippen LogP contribution is -2.19. The molecule has 0 aliphatic carbocycles. The Kier molecular flexibility index (Phi) is 3.82. The second-order valence-electron chi connectivity index (χ2n) is 4.48. The first-order chi connectivity index (χ1) is 8.68. The Bertz CT molecular complexity index is 544. The lowest BCUT2D eigenvalue weighted by molar-refractivity contribution is 0.0629. The van der Waals surface area contributed by atoms with Crippen molar-refractivity contribution < 1.29 is 5.11 Å². The molecule has 0 fully saturated rings. The summed E-state index contributed by atoms with van der Waals surface area (Å²) in [5.74, 6) is 6.10. The lowest BCUT2D eigenvalue weighted by Gasteiger charge is -2.20. The van der Waals surface area contributed by atoms with Gasteiger partial charge in [0, 0.05) is 12.0 Å². The van der Waals surface area contributed by atoms with Crippen molar-refractivity contribution in [1.29, 1.82) is 0 Å². The molecule has 0 amide bonds. The molecule has 0 aliphatic heterocycles. The van der Waals surface area contributed by atoms with Crippen LogP contribution in [0, 0.1) is 11.8 Å². The van der Waals surface area contributed by atoms with Crippen molar-refractivity contribution in [3.63, 3.8) is 0 Å². The predicted octanol–water partition coefficient (Wildman–Crippen LogP) is 3.34. The second kappa shape index (κ2) is 5.53. The zero-order valence-electron chi connectivity index (χ0n) is 10.4. The van der Waals surface area contributed by atoms with E-state index in [9.17, 15) is 5.11 Å². The van der Waals surface area contributed by atoms with Gasteiger partial charge in [-0.3, -0.25) is 0 Å². The molecule has 0 aromatic heterocycles. The number of hydrogen-bond donors (Lipinski definition) is 1. The van der Waals surface area contributed by atoms with Gasteiger partial charge in [0.1, 0.15) is 0 Å². The third kappa shape index (κ3) is 3.23. The standard InChI is InChI=1S/C17H16O/c1-17(18,16-12-6-3-7-13-16)14-8-11-15-9-4-2-5-10-15/h2-7,9-10,12-13,18H,14H2,1H3. The molecule has 2 aromatic carbocycles. The fourth-order valence-corrected chi connectivity index (χ4v) is 1.74. The fourth-order valence-electron chi connectivity index (χ4n) is 1.74. The van der Waals surface area contributed by atoms with E-state index in [1.54, 1.807) is 6.92 Å². The van der Waals surface area contributed by atoms with Gasteiger partial charge in [-0.1, -0.05) is 60.4 Å². The van der Waals surface area contributed by atoms with Crippen LogP contribution < -0.4 is 0 Å². The van der Waals surface area contributed by atoms with Crippen molar-refractivity contribution in [1.82, 2.24) is 0 Å². The van der Waals surface area contributed by atoms with Gasteiger partial charge in [-0.2, -0.15) is 0 Å². The van der Waals surface area contributed by atoms with Crippen LogP contribution in [0.2, 0.25) is 0 Å². The molecule has 0 heterocycles. The van der Waals surface area contributed by atoms with Crippen molar-refractivity contribution in [2.24, 2.45) is 0 Å². The van der Waals surface area contributed by atoms with Gasteiger partial charge in [0.25, 0.3) is 0 Å². The van der Waals surface area contributed by atoms with E-state index in [-0.39, 0.29) is 0 Å². The molecular weight excluding hydrogens is 220 g/mol. The van der Waals surface area contributed by atoms with Crippen molar-refractivity contribution in [3.8, 4) is 11.8 Å². The fraction of sp³-hybridized carbons (Fsp3) is 0.176. The summed E-state index contributed by atoms with van der Waals surface area (Å²) in [5, 5.41) is 10.4. The van der Waals surface area contributed by atoms with E-state index >= 15 is 0 Å². The number of benzene rings is 2.